The van der Waals surface area contributed by atoms with Crippen molar-refractivity contribution in [3.05, 3.63) is 33.9 Å². The summed E-state index contributed by atoms with van der Waals surface area (Å²) in [6, 6.07) is 4.02. The standard InChI is InChI=1S/C12H16N4O4/c13-14-8-3-4-11(16(19)20)10(6-8)12(18)15-5-1-2-9(17)7-15/h3-4,6,9,14,17H,1-2,5,7,13H2. The number of rotatable bonds is 3. The number of nitro benzene ring substituents is 1. The summed E-state index contributed by atoms with van der Waals surface area (Å²) < 4.78 is 0. The number of anilines is 1. The molecule has 1 saturated heterocycles. The number of amides is 1. The predicted octanol–water partition coefficient (Wildman–Crippen LogP) is 0.477. The Morgan fingerprint density at radius 3 is 2.90 bits per heavy atom. The highest BCUT2D eigenvalue weighted by atomic mass is 16.6. The van der Waals surface area contributed by atoms with Crippen LogP contribution < -0.4 is 11.3 Å². The van der Waals surface area contributed by atoms with Crippen LogP contribution >= 0.6 is 0 Å². The number of nitro groups is 1. The largest absolute Gasteiger partial charge is 0.391 e. The summed E-state index contributed by atoms with van der Waals surface area (Å²) in [5.41, 5.74) is 2.47. The quantitative estimate of drug-likeness (QED) is 0.420. The van der Waals surface area contributed by atoms with Gasteiger partial charge in [-0.3, -0.25) is 20.8 Å². The number of nitrogens with zero attached hydrogens (tertiary/aromatic N) is 2. The molecule has 1 aromatic carbocycles. The molecule has 0 aliphatic carbocycles. The van der Waals surface area contributed by atoms with E-state index in [0.717, 1.165) is 0 Å². The molecule has 0 radical (unpaired) electrons. The van der Waals surface area contributed by atoms with Gasteiger partial charge in [-0.2, -0.15) is 0 Å². The van der Waals surface area contributed by atoms with Crippen LogP contribution in [0.5, 0.6) is 0 Å². The van der Waals surface area contributed by atoms with Crippen molar-refractivity contribution in [3.63, 3.8) is 0 Å². The molecule has 1 unspecified atom stereocenters. The normalized spacial score (nSPS) is 18.7. The molecule has 8 nitrogen and oxygen atoms in total. The van der Waals surface area contributed by atoms with E-state index in [1.54, 1.807) is 0 Å². The van der Waals surface area contributed by atoms with Crippen molar-refractivity contribution in [2.45, 2.75) is 18.9 Å². The summed E-state index contributed by atoms with van der Waals surface area (Å²) in [6.45, 7) is 0.670. The second-order valence-corrected chi connectivity index (χ2v) is 4.68. The van der Waals surface area contributed by atoms with Crippen LogP contribution in [0.15, 0.2) is 18.2 Å². The van der Waals surface area contributed by atoms with E-state index in [9.17, 15) is 20.0 Å². The van der Waals surface area contributed by atoms with Crippen LogP contribution in [-0.2, 0) is 0 Å². The number of carbonyl (C=O) groups excluding carboxylic acids is 1. The van der Waals surface area contributed by atoms with Gasteiger partial charge in [-0.1, -0.05) is 0 Å². The first kappa shape index (κ1) is 14.2. The van der Waals surface area contributed by atoms with E-state index >= 15 is 0 Å². The molecule has 1 fully saturated rings. The monoisotopic (exact) mass is 280 g/mol. The van der Waals surface area contributed by atoms with Gasteiger partial charge < -0.3 is 15.4 Å². The first-order valence-corrected chi connectivity index (χ1v) is 6.25. The van der Waals surface area contributed by atoms with Crippen LogP contribution in [0.1, 0.15) is 23.2 Å². The van der Waals surface area contributed by atoms with Crippen LogP contribution in [0.4, 0.5) is 11.4 Å². The van der Waals surface area contributed by atoms with E-state index in [2.05, 4.69) is 5.43 Å². The fourth-order valence-corrected chi connectivity index (χ4v) is 2.27. The van der Waals surface area contributed by atoms with Crippen molar-refractivity contribution < 1.29 is 14.8 Å². The molecule has 1 aliphatic rings. The minimum absolute atomic E-state index is 0.0282. The van der Waals surface area contributed by atoms with Crippen LogP contribution in [0, 0.1) is 10.1 Å². The molecule has 2 rings (SSSR count). The third-order valence-electron chi connectivity index (χ3n) is 3.27. The third kappa shape index (κ3) is 2.86. The van der Waals surface area contributed by atoms with Crippen LogP contribution in [0.3, 0.4) is 0 Å². The van der Waals surface area contributed by atoms with Gasteiger partial charge in [-0.25, -0.2) is 0 Å². The molecule has 0 spiro atoms. The van der Waals surface area contributed by atoms with Gasteiger partial charge in [0.05, 0.1) is 11.0 Å². The molecule has 20 heavy (non-hydrogen) atoms. The maximum Gasteiger partial charge on any atom is 0.282 e. The van der Waals surface area contributed by atoms with Gasteiger partial charge in [-0.05, 0) is 25.0 Å². The zero-order chi connectivity index (χ0) is 14.7. The molecular weight excluding hydrogens is 264 g/mol. The topological polar surface area (TPSA) is 122 Å². The Hall–Kier alpha value is -2.19. The molecule has 8 heteroatoms. The number of aliphatic hydroxyl groups excluding tert-OH is 1. The Balaban J connectivity index is 2.34. The highest BCUT2D eigenvalue weighted by Crippen LogP contribution is 2.25. The summed E-state index contributed by atoms with van der Waals surface area (Å²) >= 11 is 0. The molecule has 1 amide bonds. The number of β-amino-alcohol motifs (C(OH)–C–C–N with tert-alkyl or cyclic N) is 1. The fourth-order valence-electron chi connectivity index (χ4n) is 2.27. The number of nitrogens with one attached hydrogen (secondary N) is 1. The number of nitrogen functional groups attached to an aromatic ring is 1. The van der Waals surface area contributed by atoms with E-state index in [4.69, 9.17) is 5.84 Å². The maximum absolute atomic E-state index is 12.4. The zero-order valence-electron chi connectivity index (χ0n) is 10.8. The van der Waals surface area contributed by atoms with Crippen molar-refractivity contribution in [2.24, 2.45) is 5.84 Å². The van der Waals surface area contributed by atoms with Crippen molar-refractivity contribution >= 4 is 17.3 Å². The first-order valence-electron chi connectivity index (χ1n) is 6.25. The van der Waals surface area contributed by atoms with Gasteiger partial charge in [0.2, 0.25) is 0 Å². The van der Waals surface area contributed by atoms with Gasteiger partial charge in [0.1, 0.15) is 5.56 Å². The maximum atomic E-state index is 12.4. The summed E-state index contributed by atoms with van der Waals surface area (Å²) in [5, 5.41) is 20.6. The summed E-state index contributed by atoms with van der Waals surface area (Å²) in [4.78, 5) is 24.2. The molecule has 1 atom stereocenters. The Morgan fingerprint density at radius 1 is 1.55 bits per heavy atom. The smallest absolute Gasteiger partial charge is 0.282 e. The molecular formula is C12H16N4O4. The summed E-state index contributed by atoms with van der Waals surface area (Å²) in [7, 11) is 0. The van der Waals surface area contributed by atoms with Crippen molar-refractivity contribution in [2.75, 3.05) is 18.5 Å². The molecule has 108 valence electrons. The molecule has 1 aliphatic heterocycles. The lowest BCUT2D eigenvalue weighted by molar-refractivity contribution is -0.385. The number of aliphatic hydroxyl groups is 1. The Kier molecular flexibility index (Phi) is 4.16. The molecule has 0 bridgehead atoms. The Morgan fingerprint density at radius 2 is 2.30 bits per heavy atom. The average molecular weight is 280 g/mol. The van der Waals surface area contributed by atoms with Crippen molar-refractivity contribution in [3.8, 4) is 0 Å². The van der Waals surface area contributed by atoms with E-state index in [-0.39, 0.29) is 17.8 Å². The van der Waals surface area contributed by atoms with Crippen LogP contribution in [0.25, 0.3) is 0 Å². The lowest BCUT2D eigenvalue weighted by atomic mass is 10.1. The molecule has 1 aromatic rings. The minimum Gasteiger partial charge on any atom is -0.391 e. The summed E-state index contributed by atoms with van der Waals surface area (Å²) in [5.74, 6) is 4.80. The molecule has 4 N–H and O–H groups in total. The van der Waals surface area contributed by atoms with Gasteiger partial charge in [-0.15, -0.1) is 0 Å². The predicted molar refractivity (Wildman–Crippen MR) is 72.1 cm³/mol. The fraction of sp³-hybridized carbons (Fsp3) is 0.417. The molecule has 0 aromatic heterocycles. The van der Waals surface area contributed by atoms with E-state index < -0.39 is 16.9 Å². The SMILES string of the molecule is NNc1ccc([N+](=O)[O-])c(C(=O)N2CCCC(O)C2)c1. The number of carbonyl (C=O) groups is 1. The number of piperidine rings is 1. The van der Waals surface area contributed by atoms with Crippen molar-refractivity contribution in [1.29, 1.82) is 0 Å². The Bertz CT molecular complexity index is 534. The van der Waals surface area contributed by atoms with Gasteiger partial charge in [0, 0.05) is 24.8 Å². The van der Waals surface area contributed by atoms with E-state index in [0.29, 0.717) is 25.1 Å². The number of hydrogen-bond acceptors (Lipinski definition) is 6. The van der Waals surface area contributed by atoms with Gasteiger partial charge in [0.25, 0.3) is 11.6 Å². The van der Waals surface area contributed by atoms with E-state index in [1.165, 1.54) is 23.1 Å². The van der Waals surface area contributed by atoms with Crippen LogP contribution in [-0.4, -0.2) is 40.0 Å². The van der Waals surface area contributed by atoms with Gasteiger partial charge in [0.15, 0.2) is 0 Å². The van der Waals surface area contributed by atoms with Crippen molar-refractivity contribution in [1.82, 2.24) is 4.90 Å². The lowest BCUT2D eigenvalue weighted by Gasteiger charge is -2.30. The highest BCUT2D eigenvalue weighted by Gasteiger charge is 2.28. The average Bonchev–Trinajstić information content (AvgIpc) is 2.45. The third-order valence-corrected chi connectivity index (χ3v) is 3.27. The Labute approximate surface area is 115 Å². The van der Waals surface area contributed by atoms with Gasteiger partial charge >= 0.3 is 0 Å². The second kappa shape index (κ2) is 5.85. The number of hydrazine groups is 1. The second-order valence-electron chi connectivity index (χ2n) is 4.68. The number of nitrogens with two attached hydrogens (primary N) is 1. The number of likely N-dealkylation sites (tertiary alicyclic amines) is 1. The molecule has 1 heterocycles. The lowest BCUT2D eigenvalue weighted by Crippen LogP contribution is -2.42. The first-order chi connectivity index (χ1) is 9.52. The molecule has 0 saturated carbocycles. The number of benzene rings is 1. The highest BCUT2D eigenvalue weighted by molar-refractivity contribution is 5.99. The number of hydrogen-bond donors (Lipinski definition) is 3. The summed E-state index contributed by atoms with van der Waals surface area (Å²) in [6.07, 6.45) is 0.730. The van der Waals surface area contributed by atoms with E-state index in [1.807, 2.05) is 0 Å². The zero-order valence-corrected chi connectivity index (χ0v) is 10.8. The minimum atomic E-state index is -0.603. The van der Waals surface area contributed by atoms with Crippen LogP contribution in [0.2, 0.25) is 0 Å².